The first kappa shape index (κ1) is 23.4. The van der Waals surface area contributed by atoms with Crippen LogP contribution in [-0.2, 0) is 4.79 Å². The molecule has 1 heterocycles. The summed E-state index contributed by atoms with van der Waals surface area (Å²) in [6.45, 7) is 3.70. The lowest BCUT2D eigenvalue weighted by Crippen LogP contribution is -2.47. The molecule has 1 aromatic carbocycles. The molecule has 0 bridgehead atoms. The molecule has 0 atom stereocenters. The maximum atomic E-state index is 14.0. The van der Waals surface area contributed by atoms with Gasteiger partial charge in [0, 0.05) is 57.2 Å². The Morgan fingerprint density at radius 3 is 2.39 bits per heavy atom. The molecule has 0 aromatic heterocycles. The van der Waals surface area contributed by atoms with Crippen LogP contribution in [0.25, 0.3) is 0 Å². The molecule has 1 amide bonds. The predicted molar refractivity (Wildman–Crippen MR) is 113 cm³/mol. The first-order valence-electron chi connectivity index (χ1n) is 11.2. The third-order valence-electron chi connectivity index (χ3n) is 6.46. The number of carbonyl (C=O) groups is 1. The number of carbonyl (C=O) groups excluding carboxylic acids is 1. The second kappa shape index (κ2) is 11.4. The van der Waals surface area contributed by atoms with E-state index in [4.69, 9.17) is 5.26 Å². The van der Waals surface area contributed by atoms with E-state index < -0.39 is 17.5 Å². The number of amides is 1. The molecule has 1 aliphatic carbocycles. The Labute approximate surface area is 182 Å². The first-order chi connectivity index (χ1) is 15.0. The van der Waals surface area contributed by atoms with E-state index in [2.05, 4.69) is 16.3 Å². The number of rotatable bonds is 8. The van der Waals surface area contributed by atoms with Gasteiger partial charge in [-0.3, -0.25) is 9.69 Å². The largest absolute Gasteiger partial charge is 0.367 e. The Bertz CT molecular complexity index is 782. The minimum absolute atomic E-state index is 0.0500. The van der Waals surface area contributed by atoms with E-state index in [9.17, 15) is 18.0 Å². The zero-order chi connectivity index (χ0) is 22.2. The summed E-state index contributed by atoms with van der Waals surface area (Å²) in [5.74, 6) is -2.20. The van der Waals surface area contributed by atoms with Crippen molar-refractivity contribution in [2.45, 2.75) is 57.4 Å². The highest BCUT2D eigenvalue weighted by molar-refractivity contribution is 5.76. The summed E-state index contributed by atoms with van der Waals surface area (Å²) in [7, 11) is 0. The maximum absolute atomic E-state index is 14.0. The van der Waals surface area contributed by atoms with E-state index in [1.54, 1.807) is 4.90 Å². The molecule has 2 fully saturated rings. The molecule has 1 saturated heterocycles. The van der Waals surface area contributed by atoms with Gasteiger partial charge in [0.05, 0.1) is 11.8 Å². The molecule has 170 valence electrons. The van der Waals surface area contributed by atoms with Crippen LogP contribution < -0.4 is 10.2 Å². The molecule has 0 unspecified atom stereocenters. The van der Waals surface area contributed by atoms with Gasteiger partial charge in [0.1, 0.15) is 5.82 Å². The quantitative estimate of drug-likeness (QED) is 0.495. The molecule has 2 aliphatic rings. The SMILES string of the molecule is N#CCCCC(=O)N[C@H]1CC[C@H](CCN2CCN(c3cc(F)c(F)cc3F)CC2)CC1. The third-order valence-corrected chi connectivity index (χ3v) is 6.46. The lowest BCUT2D eigenvalue weighted by Gasteiger charge is -2.37. The highest BCUT2D eigenvalue weighted by Crippen LogP contribution is 2.28. The molecule has 1 aliphatic heterocycles. The summed E-state index contributed by atoms with van der Waals surface area (Å²) < 4.78 is 40.6. The van der Waals surface area contributed by atoms with E-state index >= 15 is 0 Å². The van der Waals surface area contributed by atoms with E-state index in [0.29, 0.717) is 44.3 Å². The van der Waals surface area contributed by atoms with Crippen LogP contribution >= 0.6 is 0 Å². The molecule has 5 nitrogen and oxygen atoms in total. The number of nitriles is 1. The van der Waals surface area contributed by atoms with Crippen LogP contribution in [0, 0.1) is 34.7 Å². The van der Waals surface area contributed by atoms with Crippen LogP contribution in [0.5, 0.6) is 0 Å². The Morgan fingerprint density at radius 2 is 1.71 bits per heavy atom. The van der Waals surface area contributed by atoms with Crippen LogP contribution in [0.2, 0.25) is 0 Å². The summed E-state index contributed by atoms with van der Waals surface area (Å²) in [5.41, 5.74) is 0.131. The number of nitrogens with one attached hydrogen (secondary N) is 1. The fourth-order valence-electron chi connectivity index (χ4n) is 4.56. The topological polar surface area (TPSA) is 59.4 Å². The second-order valence-electron chi connectivity index (χ2n) is 8.63. The van der Waals surface area contributed by atoms with Crippen LogP contribution in [0.4, 0.5) is 18.9 Å². The molecule has 1 aromatic rings. The standard InChI is InChI=1S/C23H31F3N4O/c24-19-15-21(26)22(16-20(19)25)30-13-11-29(12-14-30)10-8-17-4-6-18(7-5-17)28-23(31)3-1-2-9-27/h15-18H,1-8,10-14H2,(H,28,31)/t17-,18-. The van der Waals surface area contributed by atoms with Crippen LogP contribution in [-0.4, -0.2) is 49.6 Å². The number of piperazine rings is 1. The smallest absolute Gasteiger partial charge is 0.220 e. The summed E-state index contributed by atoms with van der Waals surface area (Å²) >= 11 is 0. The average molecular weight is 437 g/mol. The van der Waals surface area contributed by atoms with Crippen molar-refractivity contribution in [1.29, 1.82) is 5.26 Å². The minimum Gasteiger partial charge on any atom is -0.367 e. The Kier molecular flexibility index (Phi) is 8.59. The fraction of sp³-hybridized carbons (Fsp3) is 0.652. The van der Waals surface area contributed by atoms with Crippen molar-refractivity contribution in [3.05, 3.63) is 29.6 Å². The molecular weight excluding hydrogens is 405 g/mol. The van der Waals surface area contributed by atoms with E-state index in [-0.39, 0.29) is 17.6 Å². The molecule has 1 N–H and O–H groups in total. The van der Waals surface area contributed by atoms with Crippen molar-refractivity contribution in [1.82, 2.24) is 10.2 Å². The Hall–Kier alpha value is -2.27. The molecule has 8 heteroatoms. The van der Waals surface area contributed by atoms with Crippen molar-refractivity contribution in [3.8, 4) is 6.07 Å². The number of unbranched alkanes of at least 4 members (excludes halogenated alkanes) is 1. The molecule has 0 radical (unpaired) electrons. The Morgan fingerprint density at radius 1 is 1.03 bits per heavy atom. The van der Waals surface area contributed by atoms with E-state index in [0.717, 1.165) is 57.8 Å². The number of hydrogen-bond donors (Lipinski definition) is 1. The summed E-state index contributed by atoms with van der Waals surface area (Å²) in [6.07, 6.45) is 6.76. The number of nitrogens with zero attached hydrogens (tertiary/aromatic N) is 3. The van der Waals surface area contributed by atoms with Crippen molar-refractivity contribution in [3.63, 3.8) is 0 Å². The van der Waals surface area contributed by atoms with Gasteiger partial charge in [-0.2, -0.15) is 5.26 Å². The highest BCUT2D eigenvalue weighted by atomic mass is 19.2. The monoisotopic (exact) mass is 436 g/mol. The number of halogens is 3. The first-order valence-corrected chi connectivity index (χ1v) is 11.2. The summed E-state index contributed by atoms with van der Waals surface area (Å²) in [5, 5.41) is 11.6. The average Bonchev–Trinajstić information content (AvgIpc) is 2.76. The summed E-state index contributed by atoms with van der Waals surface area (Å²) in [6, 6.07) is 3.87. The van der Waals surface area contributed by atoms with E-state index in [1.165, 1.54) is 0 Å². The second-order valence-corrected chi connectivity index (χ2v) is 8.63. The van der Waals surface area contributed by atoms with Crippen molar-refractivity contribution in [2.24, 2.45) is 5.92 Å². The van der Waals surface area contributed by atoms with Gasteiger partial charge in [0.25, 0.3) is 0 Å². The van der Waals surface area contributed by atoms with Crippen molar-refractivity contribution in [2.75, 3.05) is 37.6 Å². The number of hydrogen-bond acceptors (Lipinski definition) is 4. The molecule has 1 saturated carbocycles. The predicted octanol–water partition coefficient (Wildman–Crippen LogP) is 3.98. The zero-order valence-corrected chi connectivity index (χ0v) is 17.9. The lowest BCUT2D eigenvalue weighted by molar-refractivity contribution is -0.122. The maximum Gasteiger partial charge on any atom is 0.220 e. The Balaban J connectivity index is 1.33. The molecule has 0 spiro atoms. The molecular formula is C23H31F3N4O. The van der Waals surface area contributed by atoms with Gasteiger partial charge in [0.15, 0.2) is 11.6 Å². The summed E-state index contributed by atoms with van der Waals surface area (Å²) in [4.78, 5) is 16.0. The van der Waals surface area contributed by atoms with Gasteiger partial charge in [-0.1, -0.05) is 0 Å². The van der Waals surface area contributed by atoms with Gasteiger partial charge in [-0.25, -0.2) is 13.2 Å². The lowest BCUT2D eigenvalue weighted by atomic mass is 9.84. The number of benzene rings is 1. The van der Waals surface area contributed by atoms with Crippen molar-refractivity contribution >= 4 is 11.6 Å². The highest BCUT2D eigenvalue weighted by Gasteiger charge is 2.25. The molecule has 3 rings (SSSR count). The fourth-order valence-corrected chi connectivity index (χ4v) is 4.56. The van der Waals surface area contributed by atoms with Crippen LogP contribution in [0.15, 0.2) is 12.1 Å². The van der Waals surface area contributed by atoms with Crippen LogP contribution in [0.3, 0.4) is 0 Å². The van der Waals surface area contributed by atoms with Gasteiger partial charge in [-0.05, 0) is 51.0 Å². The number of anilines is 1. The van der Waals surface area contributed by atoms with E-state index in [1.807, 2.05) is 0 Å². The van der Waals surface area contributed by atoms with Crippen molar-refractivity contribution < 1.29 is 18.0 Å². The minimum atomic E-state index is -1.16. The van der Waals surface area contributed by atoms with Crippen LogP contribution in [0.1, 0.15) is 51.4 Å². The normalized spacial score (nSPS) is 22.2. The molecule has 31 heavy (non-hydrogen) atoms. The van der Waals surface area contributed by atoms with Gasteiger partial charge in [0.2, 0.25) is 5.91 Å². The van der Waals surface area contributed by atoms with Gasteiger partial charge >= 0.3 is 0 Å². The third kappa shape index (κ3) is 6.86. The zero-order valence-electron chi connectivity index (χ0n) is 17.9. The van der Waals surface area contributed by atoms with Gasteiger partial charge < -0.3 is 10.2 Å². The van der Waals surface area contributed by atoms with Gasteiger partial charge in [-0.15, -0.1) is 0 Å².